The fourth-order valence-corrected chi connectivity index (χ4v) is 4.23. The number of hydrogen-bond acceptors (Lipinski definition) is 5. The molecule has 0 N–H and O–H groups in total. The lowest BCUT2D eigenvalue weighted by Crippen LogP contribution is -2.39. The maximum absolute atomic E-state index is 12.6. The van der Waals surface area contributed by atoms with Gasteiger partial charge in [-0.05, 0) is 18.1 Å². The quantitative estimate of drug-likeness (QED) is 0.830. The van der Waals surface area contributed by atoms with Crippen molar-refractivity contribution in [2.24, 2.45) is 0 Å². The third kappa shape index (κ3) is 3.68. The highest BCUT2D eigenvalue weighted by molar-refractivity contribution is 7.88. The van der Waals surface area contributed by atoms with E-state index in [2.05, 4.69) is 9.97 Å². The summed E-state index contributed by atoms with van der Waals surface area (Å²) in [7, 11) is -1.67. The van der Waals surface area contributed by atoms with Crippen LogP contribution >= 0.6 is 0 Å². The van der Waals surface area contributed by atoms with E-state index in [0.717, 1.165) is 18.5 Å². The van der Waals surface area contributed by atoms with E-state index in [1.54, 1.807) is 25.5 Å². The largest absolute Gasteiger partial charge is 0.339 e. The van der Waals surface area contributed by atoms with E-state index in [1.165, 1.54) is 4.31 Å². The lowest BCUT2D eigenvalue weighted by atomic mass is 10.2. The molecule has 122 valence electrons. The topological polar surface area (TPSA) is 66.4 Å². The number of likely N-dealkylation sites (N-methyl/N-ethyl adjacent to an activating group) is 1. The summed E-state index contributed by atoms with van der Waals surface area (Å²) >= 11 is 0. The Bertz CT molecular complexity index is 737. The normalized spacial score (nSPS) is 18.5. The number of benzene rings is 1. The lowest BCUT2D eigenvalue weighted by molar-refractivity contribution is 0.389. The summed E-state index contributed by atoms with van der Waals surface area (Å²) < 4.78 is 26.7. The van der Waals surface area contributed by atoms with Crippen molar-refractivity contribution in [3.05, 3.63) is 54.4 Å². The Kier molecular flexibility index (Phi) is 4.58. The van der Waals surface area contributed by atoms with Crippen LogP contribution in [-0.2, 0) is 15.8 Å². The zero-order valence-corrected chi connectivity index (χ0v) is 13.9. The monoisotopic (exact) mass is 332 g/mol. The summed E-state index contributed by atoms with van der Waals surface area (Å²) in [6.07, 6.45) is 4.18. The summed E-state index contributed by atoms with van der Waals surface area (Å²) in [5.41, 5.74) is 0.806. The second-order valence-corrected chi connectivity index (χ2v) is 7.72. The minimum atomic E-state index is -3.34. The molecular weight excluding hydrogens is 312 g/mol. The first kappa shape index (κ1) is 15.9. The molecule has 1 aromatic carbocycles. The van der Waals surface area contributed by atoms with Gasteiger partial charge in [0.15, 0.2) is 0 Å². The first-order valence-electron chi connectivity index (χ1n) is 7.58. The van der Waals surface area contributed by atoms with Gasteiger partial charge in [0.2, 0.25) is 16.0 Å². The molecule has 1 fully saturated rings. The van der Waals surface area contributed by atoms with Crippen molar-refractivity contribution in [2.75, 3.05) is 25.0 Å². The van der Waals surface area contributed by atoms with Gasteiger partial charge in [0.05, 0.1) is 5.75 Å². The molecule has 1 atom stereocenters. The third-order valence-corrected chi connectivity index (χ3v) is 6.02. The number of hydrogen-bond donors (Lipinski definition) is 0. The van der Waals surface area contributed by atoms with Gasteiger partial charge in [0.25, 0.3) is 0 Å². The summed E-state index contributed by atoms with van der Waals surface area (Å²) in [6.45, 7) is 1.38. The van der Waals surface area contributed by atoms with Gasteiger partial charge in [-0.15, -0.1) is 0 Å². The summed E-state index contributed by atoms with van der Waals surface area (Å²) in [6, 6.07) is 11.0. The SMILES string of the molecule is CN(C1CCN(c2ncccn2)C1)S(=O)(=O)Cc1ccccc1. The molecule has 0 radical (unpaired) electrons. The first-order chi connectivity index (χ1) is 11.1. The van der Waals surface area contributed by atoms with Crippen LogP contribution in [0.4, 0.5) is 5.95 Å². The first-order valence-corrected chi connectivity index (χ1v) is 9.19. The fourth-order valence-electron chi connectivity index (χ4n) is 2.79. The molecule has 0 aliphatic carbocycles. The predicted molar refractivity (Wildman–Crippen MR) is 89.5 cm³/mol. The van der Waals surface area contributed by atoms with Crippen LogP contribution in [0.2, 0.25) is 0 Å². The smallest absolute Gasteiger partial charge is 0.225 e. The Hall–Kier alpha value is -1.99. The van der Waals surface area contributed by atoms with Crippen LogP contribution in [0, 0.1) is 0 Å². The van der Waals surface area contributed by atoms with Crippen molar-refractivity contribution >= 4 is 16.0 Å². The average molecular weight is 332 g/mol. The molecule has 1 aliphatic heterocycles. The van der Waals surface area contributed by atoms with Crippen molar-refractivity contribution < 1.29 is 8.42 Å². The van der Waals surface area contributed by atoms with Crippen molar-refractivity contribution in [1.29, 1.82) is 0 Å². The molecule has 1 aliphatic rings. The second-order valence-electron chi connectivity index (χ2n) is 5.70. The average Bonchev–Trinajstić information content (AvgIpc) is 3.05. The summed E-state index contributed by atoms with van der Waals surface area (Å²) in [5, 5.41) is 0. The van der Waals surface area contributed by atoms with Gasteiger partial charge >= 0.3 is 0 Å². The minimum absolute atomic E-state index is 0.0304. The molecule has 0 amide bonds. The molecule has 3 rings (SSSR count). The summed E-state index contributed by atoms with van der Waals surface area (Å²) in [5.74, 6) is 0.687. The zero-order valence-electron chi connectivity index (χ0n) is 13.0. The standard InChI is InChI=1S/C16H20N4O2S/c1-19(23(21,22)13-14-6-3-2-4-7-14)15-8-11-20(12-15)16-17-9-5-10-18-16/h2-7,9-10,15H,8,11-13H2,1H3. The van der Waals surface area contributed by atoms with Gasteiger partial charge < -0.3 is 4.90 Å². The second kappa shape index (κ2) is 6.64. The van der Waals surface area contributed by atoms with E-state index in [9.17, 15) is 8.42 Å². The van der Waals surface area contributed by atoms with Crippen molar-refractivity contribution in [1.82, 2.24) is 14.3 Å². The van der Waals surface area contributed by atoms with Gasteiger partial charge in [0.1, 0.15) is 0 Å². The molecular formula is C16H20N4O2S. The Morgan fingerprint density at radius 2 is 1.87 bits per heavy atom. The number of rotatable bonds is 5. The molecule has 1 aromatic heterocycles. The van der Waals surface area contributed by atoms with Crippen LogP contribution in [-0.4, -0.2) is 48.9 Å². The Morgan fingerprint density at radius 3 is 2.57 bits per heavy atom. The van der Waals surface area contributed by atoms with Gasteiger partial charge in [-0.1, -0.05) is 30.3 Å². The van der Waals surface area contributed by atoms with E-state index in [-0.39, 0.29) is 11.8 Å². The molecule has 0 saturated carbocycles. The molecule has 1 saturated heterocycles. The number of anilines is 1. The Labute approximate surface area is 136 Å². The number of sulfonamides is 1. The maximum Gasteiger partial charge on any atom is 0.225 e. The minimum Gasteiger partial charge on any atom is -0.339 e. The molecule has 0 spiro atoms. The molecule has 1 unspecified atom stereocenters. The van der Waals surface area contributed by atoms with Crippen LogP contribution in [0.5, 0.6) is 0 Å². The van der Waals surface area contributed by atoms with E-state index in [1.807, 2.05) is 35.2 Å². The number of aromatic nitrogens is 2. The van der Waals surface area contributed by atoms with E-state index in [4.69, 9.17) is 0 Å². The fraction of sp³-hybridized carbons (Fsp3) is 0.375. The number of nitrogens with zero attached hydrogens (tertiary/aromatic N) is 4. The van der Waals surface area contributed by atoms with E-state index >= 15 is 0 Å². The highest BCUT2D eigenvalue weighted by Gasteiger charge is 2.33. The van der Waals surface area contributed by atoms with Crippen LogP contribution < -0.4 is 4.90 Å². The molecule has 2 heterocycles. The molecule has 23 heavy (non-hydrogen) atoms. The Morgan fingerprint density at radius 1 is 1.17 bits per heavy atom. The summed E-state index contributed by atoms with van der Waals surface area (Å²) in [4.78, 5) is 10.5. The molecule has 7 heteroatoms. The molecule has 2 aromatic rings. The van der Waals surface area contributed by atoms with Crippen LogP contribution in [0.15, 0.2) is 48.8 Å². The van der Waals surface area contributed by atoms with Gasteiger partial charge in [-0.25, -0.2) is 18.4 Å². The lowest BCUT2D eigenvalue weighted by Gasteiger charge is -2.24. The van der Waals surface area contributed by atoms with E-state index in [0.29, 0.717) is 12.5 Å². The maximum atomic E-state index is 12.6. The third-order valence-electron chi connectivity index (χ3n) is 4.14. The van der Waals surface area contributed by atoms with Gasteiger partial charge in [-0.2, -0.15) is 4.31 Å². The zero-order chi connectivity index (χ0) is 16.3. The van der Waals surface area contributed by atoms with Gasteiger partial charge in [-0.3, -0.25) is 0 Å². The molecule has 0 bridgehead atoms. The van der Waals surface area contributed by atoms with Crippen molar-refractivity contribution in [2.45, 2.75) is 18.2 Å². The highest BCUT2D eigenvalue weighted by atomic mass is 32.2. The van der Waals surface area contributed by atoms with Gasteiger partial charge in [0, 0.05) is 38.6 Å². The van der Waals surface area contributed by atoms with Crippen LogP contribution in [0.1, 0.15) is 12.0 Å². The Balaban J connectivity index is 1.67. The van der Waals surface area contributed by atoms with Crippen LogP contribution in [0.3, 0.4) is 0 Å². The van der Waals surface area contributed by atoms with Crippen molar-refractivity contribution in [3.8, 4) is 0 Å². The van der Waals surface area contributed by atoms with E-state index < -0.39 is 10.0 Å². The highest BCUT2D eigenvalue weighted by Crippen LogP contribution is 2.22. The van der Waals surface area contributed by atoms with Crippen LogP contribution in [0.25, 0.3) is 0 Å². The predicted octanol–water partition coefficient (Wildman–Crippen LogP) is 1.52. The van der Waals surface area contributed by atoms with Crippen molar-refractivity contribution in [3.63, 3.8) is 0 Å². The molecule has 6 nitrogen and oxygen atoms in total.